The smallest absolute Gasteiger partial charge is 0.410 e. The van der Waals surface area contributed by atoms with Gasteiger partial charge in [-0.3, -0.25) is 9.80 Å². The number of nitrogens with zero attached hydrogens (tertiary/aromatic N) is 2. The van der Waals surface area contributed by atoms with Crippen LogP contribution in [-0.2, 0) is 9.53 Å². The van der Waals surface area contributed by atoms with Gasteiger partial charge in [0.25, 0.3) is 0 Å². The number of ether oxygens (including phenoxy) is 1. The lowest BCUT2D eigenvalue weighted by atomic mass is 10.1. The summed E-state index contributed by atoms with van der Waals surface area (Å²) in [5.74, 6) is 5.35. The van der Waals surface area contributed by atoms with E-state index < -0.39 is 5.60 Å². The summed E-state index contributed by atoms with van der Waals surface area (Å²) in [5.41, 5.74) is -0.491. The van der Waals surface area contributed by atoms with E-state index >= 15 is 0 Å². The van der Waals surface area contributed by atoms with E-state index in [0.717, 1.165) is 5.01 Å². The lowest BCUT2D eigenvalue weighted by molar-refractivity contribution is -0.124. The highest BCUT2D eigenvalue weighted by molar-refractivity contribution is 5.69. The third-order valence-corrected chi connectivity index (χ3v) is 2.06. The zero-order chi connectivity index (χ0) is 11.6. The van der Waals surface area contributed by atoms with Gasteiger partial charge in [0.2, 0.25) is 6.41 Å². The van der Waals surface area contributed by atoms with Crippen molar-refractivity contribution in [3.8, 4) is 0 Å². The Hall–Kier alpha value is -1.30. The van der Waals surface area contributed by atoms with E-state index in [9.17, 15) is 9.59 Å². The first-order valence-corrected chi connectivity index (χ1v) is 4.80. The second-order valence-electron chi connectivity index (χ2n) is 4.59. The highest BCUT2D eigenvalue weighted by atomic mass is 16.6. The Morgan fingerprint density at radius 1 is 1.53 bits per heavy atom. The highest BCUT2D eigenvalue weighted by Gasteiger charge is 2.35. The predicted octanol–water partition coefficient (Wildman–Crippen LogP) is -0.0622. The topological polar surface area (TPSA) is 75.9 Å². The quantitative estimate of drug-likeness (QED) is 0.303. The van der Waals surface area contributed by atoms with Crippen molar-refractivity contribution < 1.29 is 14.3 Å². The normalized spacial score (nSPS) is 16.9. The van der Waals surface area contributed by atoms with Gasteiger partial charge in [-0.1, -0.05) is 0 Å². The molecule has 2 N–H and O–H groups in total. The minimum atomic E-state index is -0.491. The largest absolute Gasteiger partial charge is 0.444 e. The molecular formula is C9H17N3O3. The maximum Gasteiger partial charge on any atom is 0.410 e. The van der Waals surface area contributed by atoms with Crippen LogP contribution in [0.5, 0.6) is 0 Å². The predicted molar refractivity (Wildman–Crippen MR) is 53.7 cm³/mol. The van der Waals surface area contributed by atoms with Gasteiger partial charge in [0.05, 0.1) is 6.04 Å². The third-order valence-electron chi connectivity index (χ3n) is 2.06. The average molecular weight is 215 g/mol. The maximum atomic E-state index is 11.5. The number of hydrogen-bond acceptors (Lipinski definition) is 4. The number of rotatable bonds is 2. The van der Waals surface area contributed by atoms with Crippen molar-refractivity contribution in [2.24, 2.45) is 5.84 Å². The lowest BCUT2D eigenvalue weighted by Crippen LogP contribution is -2.63. The molecule has 1 rings (SSSR count). The van der Waals surface area contributed by atoms with Crippen LogP contribution in [0.25, 0.3) is 0 Å². The molecule has 15 heavy (non-hydrogen) atoms. The van der Waals surface area contributed by atoms with Gasteiger partial charge in [-0.05, 0) is 20.8 Å². The van der Waals surface area contributed by atoms with Crippen LogP contribution in [0.15, 0.2) is 0 Å². The minimum absolute atomic E-state index is 0.0879. The molecule has 0 spiro atoms. The van der Waals surface area contributed by atoms with Gasteiger partial charge in [0, 0.05) is 13.1 Å². The Morgan fingerprint density at radius 2 is 2.07 bits per heavy atom. The van der Waals surface area contributed by atoms with E-state index in [1.54, 1.807) is 0 Å². The number of likely N-dealkylation sites (tertiary alicyclic amines) is 1. The number of amides is 2. The van der Waals surface area contributed by atoms with Crippen molar-refractivity contribution in [1.82, 2.24) is 9.91 Å². The van der Waals surface area contributed by atoms with Gasteiger partial charge in [-0.2, -0.15) is 0 Å². The molecule has 0 bridgehead atoms. The second-order valence-corrected chi connectivity index (χ2v) is 4.59. The number of carbonyl (C=O) groups excluding carboxylic acids is 2. The number of carbonyl (C=O) groups is 2. The molecule has 0 radical (unpaired) electrons. The summed E-state index contributed by atoms with van der Waals surface area (Å²) in [5, 5.41) is 1.07. The fourth-order valence-corrected chi connectivity index (χ4v) is 1.21. The zero-order valence-corrected chi connectivity index (χ0v) is 9.27. The van der Waals surface area contributed by atoms with E-state index in [0.29, 0.717) is 19.5 Å². The van der Waals surface area contributed by atoms with Crippen molar-refractivity contribution in [3.05, 3.63) is 0 Å². The minimum Gasteiger partial charge on any atom is -0.444 e. The van der Waals surface area contributed by atoms with Crippen LogP contribution in [0, 0.1) is 0 Å². The number of hydrazine groups is 1. The SMILES string of the molecule is CC(C)(C)OC(=O)N1CC(N(N)C=O)C1. The summed E-state index contributed by atoms with van der Waals surface area (Å²) in [4.78, 5) is 23.3. The van der Waals surface area contributed by atoms with Gasteiger partial charge in [-0.25, -0.2) is 10.6 Å². The lowest BCUT2D eigenvalue weighted by Gasteiger charge is -2.42. The molecule has 0 aromatic rings. The van der Waals surface area contributed by atoms with Crippen molar-refractivity contribution in [2.45, 2.75) is 32.4 Å². The van der Waals surface area contributed by atoms with Crippen LogP contribution in [0.4, 0.5) is 4.79 Å². The molecule has 6 nitrogen and oxygen atoms in total. The van der Waals surface area contributed by atoms with Gasteiger partial charge < -0.3 is 9.64 Å². The Bertz CT molecular complexity index is 256. The van der Waals surface area contributed by atoms with Crippen LogP contribution in [0.2, 0.25) is 0 Å². The molecule has 0 aliphatic carbocycles. The van der Waals surface area contributed by atoms with Crippen molar-refractivity contribution in [3.63, 3.8) is 0 Å². The summed E-state index contributed by atoms with van der Waals surface area (Å²) in [7, 11) is 0. The van der Waals surface area contributed by atoms with E-state index in [1.165, 1.54) is 4.90 Å². The van der Waals surface area contributed by atoms with Gasteiger partial charge in [0.15, 0.2) is 0 Å². The first-order valence-electron chi connectivity index (χ1n) is 4.80. The zero-order valence-electron chi connectivity index (χ0n) is 9.27. The van der Waals surface area contributed by atoms with Crippen LogP contribution in [0.3, 0.4) is 0 Å². The molecular weight excluding hydrogens is 198 g/mol. The molecule has 86 valence electrons. The average Bonchev–Trinajstić information content (AvgIpc) is 1.97. The number of nitrogens with two attached hydrogens (primary N) is 1. The highest BCUT2D eigenvalue weighted by Crippen LogP contribution is 2.16. The molecule has 0 saturated carbocycles. The molecule has 0 aromatic heterocycles. The monoisotopic (exact) mass is 215 g/mol. The Balaban J connectivity index is 2.33. The molecule has 1 aliphatic rings. The van der Waals surface area contributed by atoms with Gasteiger partial charge in [0.1, 0.15) is 5.60 Å². The maximum absolute atomic E-state index is 11.5. The Labute approximate surface area is 88.9 Å². The van der Waals surface area contributed by atoms with Crippen molar-refractivity contribution in [2.75, 3.05) is 13.1 Å². The summed E-state index contributed by atoms with van der Waals surface area (Å²) < 4.78 is 5.14. The first-order chi connectivity index (χ1) is 6.83. The third kappa shape index (κ3) is 3.09. The molecule has 1 heterocycles. The molecule has 1 saturated heterocycles. The molecule has 0 aromatic carbocycles. The fraction of sp³-hybridized carbons (Fsp3) is 0.778. The first kappa shape index (κ1) is 11.8. The molecule has 0 atom stereocenters. The van der Waals surface area contributed by atoms with Gasteiger partial charge in [-0.15, -0.1) is 0 Å². The van der Waals surface area contributed by atoms with E-state index in [4.69, 9.17) is 10.6 Å². The standard InChI is InChI=1S/C9H17N3O3/c1-9(2,3)15-8(14)11-4-7(5-11)12(10)6-13/h6-7H,4-5,10H2,1-3H3. The van der Waals surface area contributed by atoms with Crippen molar-refractivity contribution >= 4 is 12.5 Å². The Kier molecular flexibility index (Phi) is 3.18. The van der Waals surface area contributed by atoms with Gasteiger partial charge >= 0.3 is 6.09 Å². The van der Waals surface area contributed by atoms with Crippen molar-refractivity contribution in [1.29, 1.82) is 0 Å². The van der Waals surface area contributed by atoms with Crippen LogP contribution in [0.1, 0.15) is 20.8 Å². The Morgan fingerprint density at radius 3 is 2.47 bits per heavy atom. The summed E-state index contributed by atoms with van der Waals surface area (Å²) >= 11 is 0. The molecule has 1 fully saturated rings. The molecule has 6 heteroatoms. The molecule has 0 unspecified atom stereocenters. The van der Waals surface area contributed by atoms with Crippen LogP contribution >= 0.6 is 0 Å². The van der Waals surface area contributed by atoms with Crippen LogP contribution < -0.4 is 5.84 Å². The molecule has 2 amide bonds. The van der Waals surface area contributed by atoms with Crippen LogP contribution in [-0.4, -0.2) is 47.1 Å². The van der Waals surface area contributed by atoms with E-state index in [2.05, 4.69) is 0 Å². The fourth-order valence-electron chi connectivity index (χ4n) is 1.21. The van der Waals surface area contributed by atoms with E-state index in [-0.39, 0.29) is 12.1 Å². The number of hydrogen-bond donors (Lipinski definition) is 1. The summed E-state index contributed by atoms with van der Waals surface area (Å²) in [6.07, 6.45) is 0.190. The van der Waals surface area contributed by atoms with E-state index in [1.807, 2.05) is 20.8 Å². The summed E-state index contributed by atoms with van der Waals surface area (Å²) in [6.45, 7) is 6.29. The molecule has 1 aliphatic heterocycles. The summed E-state index contributed by atoms with van der Waals surface area (Å²) in [6, 6.07) is -0.0879. The second kappa shape index (κ2) is 4.06.